The molecule has 0 saturated heterocycles. The van der Waals surface area contributed by atoms with Gasteiger partial charge >= 0.3 is 0 Å². The molecule has 0 aliphatic heterocycles. The Labute approximate surface area is 192 Å². The number of aromatic nitrogens is 6. The number of nitriles is 1. The maximum Gasteiger partial charge on any atom is 0.137 e. The van der Waals surface area contributed by atoms with E-state index >= 15 is 0 Å². The van der Waals surface area contributed by atoms with E-state index in [4.69, 9.17) is 0 Å². The van der Waals surface area contributed by atoms with Gasteiger partial charge in [-0.2, -0.15) is 5.26 Å². The van der Waals surface area contributed by atoms with Crippen molar-refractivity contribution in [3.8, 4) is 6.07 Å². The summed E-state index contributed by atoms with van der Waals surface area (Å²) < 4.78 is 2.25. The van der Waals surface area contributed by atoms with Crippen LogP contribution < -0.4 is 0 Å². The lowest BCUT2D eigenvalue weighted by molar-refractivity contribution is 0.585. The predicted octanol–water partition coefficient (Wildman–Crippen LogP) is 4.36. The first-order chi connectivity index (χ1) is 16.3. The van der Waals surface area contributed by atoms with Crippen LogP contribution in [0.15, 0.2) is 67.3 Å². The molecule has 0 bridgehead atoms. The van der Waals surface area contributed by atoms with Crippen molar-refractivity contribution >= 4 is 10.9 Å². The number of nitrogens with one attached hydrogen (secondary N) is 2. The number of para-hydroxylation sites is 1. The van der Waals surface area contributed by atoms with Crippen molar-refractivity contribution in [3.63, 3.8) is 0 Å². The predicted molar refractivity (Wildman–Crippen MR) is 127 cm³/mol. The number of hydrogen-bond donors (Lipinski definition) is 2. The van der Waals surface area contributed by atoms with E-state index in [0.29, 0.717) is 12.0 Å². The second-order valence-corrected chi connectivity index (χ2v) is 8.21. The lowest BCUT2D eigenvalue weighted by Crippen LogP contribution is -2.10. The highest BCUT2D eigenvalue weighted by Gasteiger charge is 2.14. The molecule has 2 aromatic carbocycles. The first-order valence-corrected chi connectivity index (χ1v) is 11.2. The second-order valence-electron chi connectivity index (χ2n) is 8.21. The SMILES string of the molecule is N#Cc1cccc(Cc2nnc(CCc3c[nH]c4ccccc34)n2CCCc2cnc[nH]2)c1. The summed E-state index contributed by atoms with van der Waals surface area (Å²) in [6.45, 7) is 0.836. The van der Waals surface area contributed by atoms with Crippen LogP contribution in [0.4, 0.5) is 0 Å². The molecule has 7 heteroatoms. The molecule has 3 heterocycles. The molecule has 0 spiro atoms. The number of H-pyrrole nitrogens is 2. The van der Waals surface area contributed by atoms with Gasteiger partial charge < -0.3 is 14.5 Å². The molecule has 7 nitrogen and oxygen atoms in total. The molecule has 0 aliphatic carbocycles. The lowest BCUT2D eigenvalue weighted by atomic mass is 10.1. The quantitative estimate of drug-likeness (QED) is 0.359. The first-order valence-electron chi connectivity index (χ1n) is 11.2. The van der Waals surface area contributed by atoms with Crippen molar-refractivity contribution in [1.82, 2.24) is 29.7 Å². The molecule has 0 aliphatic rings. The Morgan fingerprint density at radius 3 is 2.73 bits per heavy atom. The normalized spacial score (nSPS) is 11.1. The number of fused-ring (bicyclic) bond motifs is 1. The van der Waals surface area contributed by atoms with E-state index in [9.17, 15) is 5.26 Å². The molecule has 0 fully saturated rings. The maximum absolute atomic E-state index is 9.24. The van der Waals surface area contributed by atoms with E-state index in [1.54, 1.807) is 6.33 Å². The third kappa shape index (κ3) is 4.70. The van der Waals surface area contributed by atoms with Gasteiger partial charge in [0.2, 0.25) is 0 Å². The van der Waals surface area contributed by atoms with E-state index < -0.39 is 0 Å². The Hall–Kier alpha value is -4.18. The summed E-state index contributed by atoms with van der Waals surface area (Å²) in [5.74, 6) is 1.93. The van der Waals surface area contributed by atoms with Gasteiger partial charge in [0.05, 0.1) is 18.0 Å². The summed E-state index contributed by atoms with van der Waals surface area (Å²) in [6, 6.07) is 18.3. The van der Waals surface area contributed by atoms with E-state index in [2.05, 4.69) is 60.2 Å². The van der Waals surface area contributed by atoms with Crippen LogP contribution in [0.2, 0.25) is 0 Å². The topological polar surface area (TPSA) is 99.0 Å². The molecular formula is C26H25N7. The summed E-state index contributed by atoms with van der Waals surface area (Å²) in [5, 5.41) is 19.6. The van der Waals surface area contributed by atoms with Crippen LogP contribution in [-0.4, -0.2) is 29.7 Å². The van der Waals surface area contributed by atoms with Crippen LogP contribution in [-0.2, 0) is 32.2 Å². The average Bonchev–Trinajstić information content (AvgIpc) is 3.59. The highest BCUT2D eigenvalue weighted by atomic mass is 15.3. The number of aromatic amines is 2. The third-order valence-electron chi connectivity index (χ3n) is 6.00. The lowest BCUT2D eigenvalue weighted by Gasteiger charge is -2.11. The molecule has 0 unspecified atom stereocenters. The molecule has 3 aromatic heterocycles. The van der Waals surface area contributed by atoms with Crippen LogP contribution in [0.1, 0.15) is 40.5 Å². The summed E-state index contributed by atoms with van der Waals surface area (Å²) in [7, 11) is 0. The van der Waals surface area contributed by atoms with Gasteiger partial charge in [-0.25, -0.2) is 4.98 Å². The Kier molecular flexibility index (Phi) is 5.98. The standard InChI is InChI=1S/C26H25N7/c27-15-20-6-3-5-19(13-20)14-26-32-31-25(33(26)12-4-7-22-17-28-18-30-22)11-10-21-16-29-24-9-2-1-8-23(21)24/h1-3,5-6,8-9,13,16-18,29H,4,7,10-12,14H2,(H,28,30). The molecular weight excluding hydrogens is 410 g/mol. The summed E-state index contributed by atoms with van der Waals surface area (Å²) in [5.41, 5.74) is 5.32. The summed E-state index contributed by atoms with van der Waals surface area (Å²) >= 11 is 0. The molecule has 0 atom stereocenters. The second kappa shape index (κ2) is 9.53. The van der Waals surface area contributed by atoms with Crippen molar-refractivity contribution < 1.29 is 0 Å². The van der Waals surface area contributed by atoms with Crippen LogP contribution in [0, 0.1) is 11.3 Å². The van der Waals surface area contributed by atoms with Gasteiger partial charge in [0.1, 0.15) is 11.6 Å². The zero-order valence-corrected chi connectivity index (χ0v) is 18.3. The van der Waals surface area contributed by atoms with Crippen LogP contribution in [0.3, 0.4) is 0 Å². The van der Waals surface area contributed by atoms with Gasteiger partial charge in [0.15, 0.2) is 0 Å². The van der Waals surface area contributed by atoms with Crippen LogP contribution in [0.25, 0.3) is 10.9 Å². The zero-order valence-electron chi connectivity index (χ0n) is 18.3. The largest absolute Gasteiger partial charge is 0.361 e. The van der Waals surface area contributed by atoms with Gasteiger partial charge in [-0.3, -0.25) is 0 Å². The molecule has 33 heavy (non-hydrogen) atoms. The summed E-state index contributed by atoms with van der Waals surface area (Å²) in [6.07, 6.45) is 9.93. The molecule has 5 aromatic rings. The number of benzene rings is 2. The van der Waals surface area contributed by atoms with E-state index in [0.717, 1.165) is 60.7 Å². The van der Waals surface area contributed by atoms with Gasteiger partial charge in [-0.1, -0.05) is 30.3 Å². The minimum atomic E-state index is 0.652. The van der Waals surface area contributed by atoms with E-state index in [-0.39, 0.29) is 0 Å². The summed E-state index contributed by atoms with van der Waals surface area (Å²) in [4.78, 5) is 10.6. The Balaban J connectivity index is 1.36. The van der Waals surface area contributed by atoms with Crippen molar-refractivity contribution in [2.75, 3.05) is 0 Å². The van der Waals surface area contributed by atoms with Gasteiger partial charge in [0, 0.05) is 48.4 Å². The minimum absolute atomic E-state index is 0.652. The molecule has 0 amide bonds. The van der Waals surface area contributed by atoms with Gasteiger partial charge in [-0.15, -0.1) is 10.2 Å². The highest BCUT2D eigenvalue weighted by molar-refractivity contribution is 5.83. The van der Waals surface area contributed by atoms with Crippen molar-refractivity contribution in [2.45, 2.75) is 38.6 Å². The minimum Gasteiger partial charge on any atom is -0.361 e. The highest BCUT2D eigenvalue weighted by Crippen LogP contribution is 2.20. The fourth-order valence-electron chi connectivity index (χ4n) is 4.31. The van der Waals surface area contributed by atoms with Crippen molar-refractivity contribution in [3.05, 3.63) is 101 Å². The van der Waals surface area contributed by atoms with Crippen molar-refractivity contribution in [1.29, 1.82) is 5.26 Å². The third-order valence-corrected chi connectivity index (χ3v) is 6.00. The van der Waals surface area contributed by atoms with Crippen molar-refractivity contribution in [2.24, 2.45) is 0 Å². The van der Waals surface area contributed by atoms with Gasteiger partial charge in [-0.05, 0) is 48.6 Å². The number of nitrogens with zero attached hydrogens (tertiary/aromatic N) is 5. The number of rotatable bonds is 9. The Bertz CT molecular complexity index is 1390. The molecule has 2 N–H and O–H groups in total. The average molecular weight is 436 g/mol. The smallest absolute Gasteiger partial charge is 0.137 e. The molecule has 0 saturated carbocycles. The number of imidazole rings is 1. The number of hydrogen-bond acceptors (Lipinski definition) is 4. The monoisotopic (exact) mass is 435 g/mol. The fraction of sp³-hybridized carbons (Fsp3) is 0.231. The van der Waals surface area contributed by atoms with Gasteiger partial charge in [0.25, 0.3) is 0 Å². The molecule has 164 valence electrons. The molecule has 0 radical (unpaired) electrons. The number of aryl methyl sites for hydroxylation is 3. The molecule has 5 rings (SSSR count). The maximum atomic E-state index is 9.24. The van der Waals surface area contributed by atoms with E-state index in [1.165, 1.54) is 10.9 Å². The van der Waals surface area contributed by atoms with Crippen LogP contribution >= 0.6 is 0 Å². The Morgan fingerprint density at radius 2 is 1.85 bits per heavy atom. The first kappa shape index (κ1) is 20.7. The zero-order chi connectivity index (χ0) is 22.5. The van der Waals surface area contributed by atoms with Crippen LogP contribution in [0.5, 0.6) is 0 Å². The Morgan fingerprint density at radius 1 is 0.939 bits per heavy atom. The van der Waals surface area contributed by atoms with E-state index in [1.807, 2.05) is 36.5 Å². The fourth-order valence-corrected chi connectivity index (χ4v) is 4.31.